The highest BCUT2D eigenvalue weighted by Gasteiger charge is 2.27. The standard InChI is InChI=1S/C18H22N4O3/c1-3-25-18-14(5-4-10-19-18)11-20-17(24)12(2)22-16(23)9-8-15(21-22)13-6-7-13/h4-5,8-10,12-13H,3,6-7,11H2,1-2H3,(H,20,24). The van der Waals surface area contributed by atoms with Crippen molar-refractivity contribution in [3.8, 4) is 5.88 Å². The molecule has 2 aromatic rings. The van der Waals surface area contributed by atoms with Crippen molar-refractivity contribution < 1.29 is 9.53 Å². The van der Waals surface area contributed by atoms with Crippen LogP contribution in [0.5, 0.6) is 5.88 Å². The number of carbonyl (C=O) groups excluding carboxylic acids is 1. The lowest BCUT2D eigenvalue weighted by atomic mass is 10.2. The smallest absolute Gasteiger partial charge is 0.267 e. The van der Waals surface area contributed by atoms with E-state index in [4.69, 9.17) is 4.74 Å². The molecule has 1 atom stereocenters. The molecule has 7 heteroatoms. The molecular weight excluding hydrogens is 320 g/mol. The predicted molar refractivity (Wildman–Crippen MR) is 92.4 cm³/mol. The summed E-state index contributed by atoms with van der Waals surface area (Å²) in [7, 11) is 0. The van der Waals surface area contributed by atoms with Crippen molar-refractivity contribution in [2.24, 2.45) is 0 Å². The van der Waals surface area contributed by atoms with Gasteiger partial charge < -0.3 is 10.1 Å². The van der Waals surface area contributed by atoms with E-state index in [0.29, 0.717) is 18.4 Å². The summed E-state index contributed by atoms with van der Waals surface area (Å²) < 4.78 is 6.71. The molecule has 1 unspecified atom stereocenters. The first-order valence-corrected chi connectivity index (χ1v) is 8.54. The summed E-state index contributed by atoms with van der Waals surface area (Å²) in [5, 5.41) is 7.19. The molecule has 0 saturated heterocycles. The lowest BCUT2D eigenvalue weighted by Crippen LogP contribution is -2.37. The summed E-state index contributed by atoms with van der Waals surface area (Å²) in [4.78, 5) is 28.7. The van der Waals surface area contributed by atoms with Crippen LogP contribution < -0.4 is 15.6 Å². The maximum atomic E-state index is 12.5. The second kappa shape index (κ2) is 7.46. The van der Waals surface area contributed by atoms with Crippen LogP contribution in [0.25, 0.3) is 0 Å². The van der Waals surface area contributed by atoms with Crippen LogP contribution in [0.3, 0.4) is 0 Å². The van der Waals surface area contributed by atoms with E-state index in [1.165, 1.54) is 10.7 Å². The highest BCUT2D eigenvalue weighted by Crippen LogP contribution is 2.38. The van der Waals surface area contributed by atoms with Gasteiger partial charge in [0.15, 0.2) is 0 Å². The molecule has 0 aliphatic heterocycles. The second-order valence-corrected chi connectivity index (χ2v) is 6.11. The van der Waals surface area contributed by atoms with Crippen molar-refractivity contribution in [3.05, 3.63) is 52.1 Å². The molecule has 1 N–H and O–H groups in total. The first kappa shape index (κ1) is 17.1. The Labute approximate surface area is 146 Å². The zero-order valence-electron chi connectivity index (χ0n) is 14.4. The summed E-state index contributed by atoms with van der Waals surface area (Å²) >= 11 is 0. The summed E-state index contributed by atoms with van der Waals surface area (Å²) in [6.45, 7) is 4.34. The second-order valence-electron chi connectivity index (χ2n) is 6.11. The summed E-state index contributed by atoms with van der Waals surface area (Å²) in [6, 6.07) is 6.20. The minimum Gasteiger partial charge on any atom is -0.478 e. The zero-order chi connectivity index (χ0) is 17.8. The van der Waals surface area contributed by atoms with Crippen LogP contribution in [0.1, 0.15) is 49.9 Å². The van der Waals surface area contributed by atoms with Crippen molar-refractivity contribution in [1.29, 1.82) is 0 Å². The molecule has 0 bridgehead atoms. The number of ether oxygens (including phenoxy) is 1. The van der Waals surface area contributed by atoms with Gasteiger partial charge in [0.2, 0.25) is 11.8 Å². The third-order valence-corrected chi connectivity index (χ3v) is 4.17. The van der Waals surface area contributed by atoms with Gasteiger partial charge in [-0.2, -0.15) is 5.10 Å². The largest absolute Gasteiger partial charge is 0.478 e. The average Bonchev–Trinajstić information content (AvgIpc) is 3.46. The number of rotatable bonds is 7. The number of nitrogens with zero attached hydrogens (tertiary/aromatic N) is 3. The first-order valence-electron chi connectivity index (χ1n) is 8.54. The molecule has 0 spiro atoms. The fraction of sp³-hybridized carbons (Fsp3) is 0.444. The minimum absolute atomic E-state index is 0.270. The Hall–Kier alpha value is -2.70. The van der Waals surface area contributed by atoms with Crippen LogP contribution in [0.2, 0.25) is 0 Å². The van der Waals surface area contributed by atoms with E-state index < -0.39 is 6.04 Å². The quantitative estimate of drug-likeness (QED) is 0.829. The van der Waals surface area contributed by atoms with Gasteiger partial charge in [-0.25, -0.2) is 9.67 Å². The van der Waals surface area contributed by atoms with Crippen LogP contribution in [0, 0.1) is 0 Å². The number of hydrogen-bond acceptors (Lipinski definition) is 5. The highest BCUT2D eigenvalue weighted by molar-refractivity contribution is 5.79. The number of carbonyl (C=O) groups is 1. The van der Waals surface area contributed by atoms with E-state index in [9.17, 15) is 9.59 Å². The van der Waals surface area contributed by atoms with Gasteiger partial charge in [-0.15, -0.1) is 0 Å². The summed E-state index contributed by atoms with van der Waals surface area (Å²) in [5.41, 5.74) is 1.39. The number of amides is 1. The molecule has 3 rings (SSSR count). The van der Waals surface area contributed by atoms with Crippen molar-refractivity contribution in [2.75, 3.05) is 6.61 Å². The normalized spacial score (nSPS) is 14.8. The minimum atomic E-state index is -0.682. The molecule has 0 radical (unpaired) electrons. The zero-order valence-corrected chi connectivity index (χ0v) is 14.4. The molecule has 25 heavy (non-hydrogen) atoms. The average molecular weight is 342 g/mol. The van der Waals surface area contributed by atoms with Crippen molar-refractivity contribution >= 4 is 5.91 Å². The van der Waals surface area contributed by atoms with Gasteiger partial charge in [-0.05, 0) is 38.8 Å². The number of hydrogen-bond donors (Lipinski definition) is 1. The van der Waals surface area contributed by atoms with Gasteiger partial charge in [-0.1, -0.05) is 6.07 Å². The van der Waals surface area contributed by atoms with E-state index in [0.717, 1.165) is 24.1 Å². The predicted octanol–water partition coefficient (Wildman–Crippen LogP) is 1.79. The van der Waals surface area contributed by atoms with E-state index >= 15 is 0 Å². The maximum absolute atomic E-state index is 12.5. The number of pyridine rings is 1. The molecular formula is C18H22N4O3. The third kappa shape index (κ3) is 4.04. The molecule has 2 aromatic heterocycles. The monoisotopic (exact) mass is 342 g/mol. The molecule has 1 aliphatic carbocycles. The Bertz CT molecular complexity index is 814. The Morgan fingerprint density at radius 1 is 1.40 bits per heavy atom. The van der Waals surface area contributed by atoms with E-state index in [1.807, 2.05) is 13.0 Å². The van der Waals surface area contributed by atoms with Crippen LogP contribution in [-0.2, 0) is 11.3 Å². The van der Waals surface area contributed by atoms with Crippen molar-refractivity contribution in [1.82, 2.24) is 20.1 Å². The fourth-order valence-corrected chi connectivity index (χ4v) is 2.58. The molecule has 1 aliphatic rings. The van der Waals surface area contributed by atoms with Gasteiger partial charge in [0, 0.05) is 30.3 Å². The van der Waals surface area contributed by atoms with E-state index in [2.05, 4.69) is 15.4 Å². The van der Waals surface area contributed by atoms with Crippen LogP contribution in [-0.4, -0.2) is 27.3 Å². The Morgan fingerprint density at radius 3 is 2.92 bits per heavy atom. The lowest BCUT2D eigenvalue weighted by Gasteiger charge is -2.15. The lowest BCUT2D eigenvalue weighted by molar-refractivity contribution is -0.124. The number of aromatic nitrogens is 3. The molecule has 132 valence electrons. The van der Waals surface area contributed by atoms with Gasteiger partial charge >= 0.3 is 0 Å². The molecule has 2 heterocycles. The van der Waals surface area contributed by atoms with Gasteiger partial charge in [-0.3, -0.25) is 9.59 Å². The van der Waals surface area contributed by atoms with Gasteiger partial charge in [0.05, 0.1) is 12.3 Å². The topological polar surface area (TPSA) is 86.1 Å². The van der Waals surface area contributed by atoms with Gasteiger partial charge in [0.1, 0.15) is 6.04 Å². The van der Waals surface area contributed by atoms with Crippen LogP contribution >= 0.6 is 0 Å². The van der Waals surface area contributed by atoms with Crippen molar-refractivity contribution in [3.63, 3.8) is 0 Å². The summed E-state index contributed by atoms with van der Waals surface area (Å²) in [5.74, 6) is 0.657. The molecule has 1 fully saturated rings. The Kier molecular flexibility index (Phi) is 5.11. The van der Waals surface area contributed by atoms with Crippen LogP contribution in [0.4, 0.5) is 0 Å². The molecule has 1 amide bonds. The first-order chi connectivity index (χ1) is 12.1. The highest BCUT2D eigenvalue weighted by atomic mass is 16.5. The fourth-order valence-electron chi connectivity index (χ4n) is 2.58. The Balaban J connectivity index is 1.69. The third-order valence-electron chi connectivity index (χ3n) is 4.17. The van der Waals surface area contributed by atoms with E-state index in [-0.39, 0.29) is 18.0 Å². The molecule has 1 saturated carbocycles. The maximum Gasteiger partial charge on any atom is 0.267 e. The van der Waals surface area contributed by atoms with E-state index in [1.54, 1.807) is 25.3 Å². The molecule has 0 aromatic carbocycles. The van der Waals surface area contributed by atoms with Gasteiger partial charge in [0.25, 0.3) is 5.56 Å². The van der Waals surface area contributed by atoms with Crippen molar-refractivity contribution in [2.45, 2.75) is 45.2 Å². The Morgan fingerprint density at radius 2 is 2.20 bits per heavy atom. The summed E-state index contributed by atoms with van der Waals surface area (Å²) in [6.07, 6.45) is 3.83. The van der Waals surface area contributed by atoms with Crippen LogP contribution in [0.15, 0.2) is 35.3 Å². The molecule has 7 nitrogen and oxygen atoms in total. The number of nitrogens with one attached hydrogen (secondary N) is 1. The SMILES string of the molecule is CCOc1ncccc1CNC(=O)C(C)n1nc(C2CC2)ccc1=O.